The zero-order chi connectivity index (χ0) is 22.0. The number of aryl methyl sites for hydroxylation is 2. The average molecular weight is 441 g/mol. The second-order valence-corrected chi connectivity index (χ2v) is 9.67. The summed E-state index contributed by atoms with van der Waals surface area (Å²) in [7, 11) is -3.64. The second kappa shape index (κ2) is 8.60. The van der Waals surface area contributed by atoms with Crippen LogP contribution >= 0.6 is 0 Å². The molecule has 1 N–H and O–H groups in total. The van der Waals surface area contributed by atoms with Crippen molar-refractivity contribution in [3.05, 3.63) is 59.7 Å². The number of piperidine rings is 1. The molecule has 2 heterocycles. The molecule has 9 heteroatoms. The molecule has 1 atom stereocenters. The van der Waals surface area contributed by atoms with Gasteiger partial charge in [0.25, 0.3) is 0 Å². The van der Waals surface area contributed by atoms with E-state index < -0.39 is 15.9 Å². The highest BCUT2D eigenvalue weighted by Gasteiger charge is 2.33. The van der Waals surface area contributed by atoms with Gasteiger partial charge in [-0.1, -0.05) is 41.0 Å². The maximum absolute atomic E-state index is 12.9. The standard InChI is InChI=1S/C22H24N4O4S/c1-15-10-11-19(16(2)13-15)21-24-25-22(30-21)23-20(27)17-7-6-12-26(14-17)31(28,29)18-8-4-3-5-9-18/h3-5,8-11,13,17H,6-7,12,14H2,1-2H3,(H,23,25,27). The lowest BCUT2D eigenvalue weighted by Crippen LogP contribution is -2.43. The Morgan fingerprint density at radius 2 is 1.90 bits per heavy atom. The summed E-state index contributed by atoms with van der Waals surface area (Å²) in [6.45, 7) is 4.45. The first-order valence-electron chi connectivity index (χ1n) is 10.1. The van der Waals surface area contributed by atoms with Gasteiger partial charge >= 0.3 is 6.01 Å². The third kappa shape index (κ3) is 4.52. The third-order valence-electron chi connectivity index (χ3n) is 5.40. The molecule has 31 heavy (non-hydrogen) atoms. The summed E-state index contributed by atoms with van der Waals surface area (Å²) in [5.41, 5.74) is 2.92. The van der Waals surface area contributed by atoms with Crippen LogP contribution in [0.2, 0.25) is 0 Å². The smallest absolute Gasteiger partial charge is 0.322 e. The summed E-state index contributed by atoms with van der Waals surface area (Å²) in [5.74, 6) is -0.503. The largest absolute Gasteiger partial charge is 0.403 e. The number of benzene rings is 2. The summed E-state index contributed by atoms with van der Waals surface area (Å²) in [6, 6.07) is 14.1. The van der Waals surface area contributed by atoms with Crippen LogP contribution in [0.1, 0.15) is 24.0 Å². The number of nitrogens with zero attached hydrogens (tertiary/aromatic N) is 3. The fourth-order valence-corrected chi connectivity index (χ4v) is 5.30. The van der Waals surface area contributed by atoms with Gasteiger partial charge in [0.05, 0.1) is 10.8 Å². The molecule has 1 amide bonds. The van der Waals surface area contributed by atoms with Crippen LogP contribution in [-0.2, 0) is 14.8 Å². The molecule has 0 spiro atoms. The highest BCUT2D eigenvalue weighted by atomic mass is 32.2. The number of sulfonamides is 1. The van der Waals surface area contributed by atoms with Crippen molar-refractivity contribution >= 4 is 21.9 Å². The maximum Gasteiger partial charge on any atom is 0.322 e. The molecule has 1 saturated heterocycles. The van der Waals surface area contributed by atoms with Gasteiger partial charge in [0.2, 0.25) is 21.8 Å². The van der Waals surface area contributed by atoms with Gasteiger partial charge in [0.1, 0.15) is 0 Å². The molecule has 1 fully saturated rings. The van der Waals surface area contributed by atoms with E-state index in [4.69, 9.17) is 4.42 Å². The summed E-state index contributed by atoms with van der Waals surface area (Å²) < 4.78 is 32.8. The monoisotopic (exact) mass is 440 g/mol. The summed E-state index contributed by atoms with van der Waals surface area (Å²) in [4.78, 5) is 13.0. The quantitative estimate of drug-likeness (QED) is 0.652. The van der Waals surface area contributed by atoms with Gasteiger partial charge in [-0.25, -0.2) is 8.42 Å². The Morgan fingerprint density at radius 1 is 1.13 bits per heavy atom. The van der Waals surface area contributed by atoms with Crippen LogP contribution in [0.25, 0.3) is 11.5 Å². The molecule has 1 aliphatic rings. The summed E-state index contributed by atoms with van der Waals surface area (Å²) in [6.07, 6.45) is 1.19. The third-order valence-corrected chi connectivity index (χ3v) is 7.28. The number of aromatic nitrogens is 2. The van der Waals surface area contributed by atoms with Crippen LogP contribution in [-0.4, -0.2) is 41.9 Å². The van der Waals surface area contributed by atoms with Crippen molar-refractivity contribution in [3.8, 4) is 11.5 Å². The molecule has 0 aliphatic carbocycles. The first kappa shape index (κ1) is 21.2. The van der Waals surface area contributed by atoms with Gasteiger partial charge < -0.3 is 4.42 Å². The van der Waals surface area contributed by atoms with Crippen molar-refractivity contribution in [1.82, 2.24) is 14.5 Å². The van der Waals surface area contributed by atoms with E-state index in [1.807, 2.05) is 32.0 Å². The lowest BCUT2D eigenvalue weighted by molar-refractivity contribution is -0.121. The highest BCUT2D eigenvalue weighted by molar-refractivity contribution is 7.89. The van der Waals surface area contributed by atoms with Gasteiger partial charge in [-0.2, -0.15) is 4.31 Å². The Morgan fingerprint density at radius 3 is 2.65 bits per heavy atom. The minimum Gasteiger partial charge on any atom is -0.403 e. The number of rotatable bonds is 5. The van der Waals surface area contributed by atoms with Crippen molar-refractivity contribution < 1.29 is 17.6 Å². The van der Waals surface area contributed by atoms with Gasteiger partial charge in [0, 0.05) is 18.7 Å². The molecule has 3 aromatic rings. The first-order valence-corrected chi connectivity index (χ1v) is 11.6. The first-order chi connectivity index (χ1) is 14.8. The molecule has 1 aliphatic heterocycles. The average Bonchev–Trinajstić information content (AvgIpc) is 3.22. The van der Waals surface area contributed by atoms with Crippen molar-refractivity contribution in [2.75, 3.05) is 18.4 Å². The Labute approximate surface area is 181 Å². The molecule has 162 valence electrons. The Kier molecular flexibility index (Phi) is 5.88. The van der Waals surface area contributed by atoms with Crippen LogP contribution in [0.3, 0.4) is 0 Å². The number of hydrogen-bond donors (Lipinski definition) is 1. The van der Waals surface area contributed by atoms with Crippen LogP contribution in [0, 0.1) is 19.8 Å². The predicted molar refractivity (Wildman–Crippen MR) is 116 cm³/mol. The molecule has 8 nitrogen and oxygen atoms in total. The molecule has 1 unspecified atom stereocenters. The number of carbonyl (C=O) groups is 1. The number of anilines is 1. The van der Waals surface area contributed by atoms with E-state index in [-0.39, 0.29) is 23.4 Å². The molecule has 4 rings (SSSR count). The van der Waals surface area contributed by atoms with Crippen molar-refractivity contribution in [1.29, 1.82) is 0 Å². The molecular weight excluding hydrogens is 416 g/mol. The van der Waals surface area contributed by atoms with Crippen LogP contribution in [0.5, 0.6) is 0 Å². The van der Waals surface area contributed by atoms with E-state index >= 15 is 0 Å². The minimum atomic E-state index is -3.64. The number of amides is 1. The molecule has 2 aromatic carbocycles. The number of carbonyl (C=O) groups excluding carboxylic acids is 1. The molecule has 0 saturated carbocycles. The van der Waals surface area contributed by atoms with E-state index in [0.29, 0.717) is 25.3 Å². The number of hydrogen-bond acceptors (Lipinski definition) is 6. The molecule has 1 aromatic heterocycles. The van der Waals surface area contributed by atoms with Gasteiger partial charge in [-0.3, -0.25) is 10.1 Å². The van der Waals surface area contributed by atoms with Gasteiger partial charge in [0.15, 0.2) is 0 Å². The minimum absolute atomic E-state index is 0.00279. The zero-order valence-corrected chi connectivity index (χ0v) is 18.2. The molecule has 0 radical (unpaired) electrons. The second-order valence-electron chi connectivity index (χ2n) is 7.74. The summed E-state index contributed by atoms with van der Waals surface area (Å²) >= 11 is 0. The topological polar surface area (TPSA) is 105 Å². The van der Waals surface area contributed by atoms with E-state index in [9.17, 15) is 13.2 Å². The SMILES string of the molecule is Cc1ccc(-c2nnc(NC(=O)C3CCCN(S(=O)(=O)c4ccccc4)C3)o2)c(C)c1. The lowest BCUT2D eigenvalue weighted by atomic mass is 9.99. The van der Waals surface area contributed by atoms with E-state index in [2.05, 4.69) is 15.5 Å². The summed E-state index contributed by atoms with van der Waals surface area (Å²) in [5, 5.41) is 10.6. The Balaban J connectivity index is 1.45. The van der Waals surface area contributed by atoms with E-state index in [0.717, 1.165) is 16.7 Å². The van der Waals surface area contributed by atoms with Crippen LogP contribution < -0.4 is 5.32 Å². The highest BCUT2D eigenvalue weighted by Crippen LogP contribution is 2.27. The van der Waals surface area contributed by atoms with E-state index in [1.165, 1.54) is 4.31 Å². The maximum atomic E-state index is 12.9. The molecule has 0 bridgehead atoms. The van der Waals surface area contributed by atoms with Crippen molar-refractivity contribution in [2.24, 2.45) is 5.92 Å². The zero-order valence-electron chi connectivity index (χ0n) is 17.4. The normalized spacial score (nSPS) is 17.4. The van der Waals surface area contributed by atoms with Crippen molar-refractivity contribution in [2.45, 2.75) is 31.6 Å². The van der Waals surface area contributed by atoms with Crippen LogP contribution in [0.4, 0.5) is 6.01 Å². The molecular formula is C22H24N4O4S. The predicted octanol–water partition coefficient (Wildman–Crippen LogP) is 3.39. The van der Waals surface area contributed by atoms with Gasteiger partial charge in [-0.15, -0.1) is 5.10 Å². The Hall–Kier alpha value is -3.04. The Bertz CT molecular complexity index is 1190. The van der Waals surface area contributed by atoms with Gasteiger partial charge in [-0.05, 0) is 50.5 Å². The van der Waals surface area contributed by atoms with Crippen molar-refractivity contribution in [3.63, 3.8) is 0 Å². The lowest BCUT2D eigenvalue weighted by Gasteiger charge is -2.30. The fraction of sp³-hybridized carbons (Fsp3) is 0.318. The van der Waals surface area contributed by atoms with E-state index in [1.54, 1.807) is 30.3 Å². The number of nitrogens with one attached hydrogen (secondary N) is 1. The van der Waals surface area contributed by atoms with Crippen LogP contribution in [0.15, 0.2) is 57.8 Å². The fourth-order valence-electron chi connectivity index (χ4n) is 3.76.